The predicted octanol–water partition coefficient (Wildman–Crippen LogP) is -2.56. The van der Waals surface area contributed by atoms with Gasteiger partial charge in [-0.2, -0.15) is 0 Å². The number of nitrogens with one attached hydrogen (secondary N) is 1. The Hall–Kier alpha value is -1.33. The number of hydrogen-bond donors (Lipinski definition) is 2. The van der Waals surface area contributed by atoms with Crippen molar-refractivity contribution in [2.45, 2.75) is 13.3 Å². The molecule has 0 saturated heterocycles. The van der Waals surface area contributed by atoms with Crippen LogP contribution < -0.4 is 23.5 Å². The number of amides is 2. The van der Waals surface area contributed by atoms with Crippen molar-refractivity contribution in [1.29, 1.82) is 0 Å². The summed E-state index contributed by atoms with van der Waals surface area (Å²) >= 11 is 0. The van der Waals surface area contributed by atoms with Crippen molar-refractivity contribution >= 4 is 11.8 Å². The van der Waals surface area contributed by atoms with E-state index in [4.69, 9.17) is 0 Å². The molecule has 0 aromatic carbocycles. The highest BCUT2D eigenvalue weighted by Crippen LogP contribution is 1.92. The Morgan fingerprint density at radius 1 is 1.32 bits per heavy atom. The normalized spacial score (nSPS) is 9.26. The monoisotopic (exact) mass is 291 g/mol. The van der Waals surface area contributed by atoms with Gasteiger partial charge >= 0.3 is 0 Å². The van der Waals surface area contributed by atoms with Crippen LogP contribution in [-0.4, -0.2) is 50.5 Å². The maximum atomic E-state index is 11.1. The van der Waals surface area contributed by atoms with E-state index < -0.39 is 5.91 Å². The van der Waals surface area contributed by atoms with E-state index in [9.17, 15) is 9.59 Å². The van der Waals surface area contributed by atoms with Gasteiger partial charge in [0.25, 0.3) is 0 Å². The number of nitrogens with zero attached hydrogens (tertiary/aromatic N) is 1. The Balaban J connectivity index is -0.000000366. The second kappa shape index (κ2) is 11.7. The van der Waals surface area contributed by atoms with Crippen LogP contribution in [0.1, 0.15) is 13.3 Å². The number of rotatable bonds is 6. The number of carbonyl (C=O) groups is 2. The van der Waals surface area contributed by atoms with Crippen LogP contribution in [0.5, 0.6) is 0 Å². The Morgan fingerprint density at radius 3 is 2.00 bits per heavy atom. The van der Waals surface area contributed by atoms with Crippen LogP contribution in [-0.2, 0) is 9.59 Å². The van der Waals surface area contributed by atoms with Gasteiger partial charge in [0.2, 0.25) is 11.8 Å². The van der Waals surface area contributed by atoms with Gasteiger partial charge in [-0.15, -0.1) is 0 Å². The molecule has 0 aromatic rings. The molecule has 0 bridgehead atoms. The van der Waals surface area contributed by atoms with Crippen LogP contribution in [0.25, 0.3) is 0 Å². The summed E-state index contributed by atoms with van der Waals surface area (Å²) in [6, 6.07) is 0. The molecule has 19 heavy (non-hydrogen) atoms. The van der Waals surface area contributed by atoms with Gasteiger partial charge in [-0.3, -0.25) is 9.59 Å². The average molecular weight is 292 g/mol. The molecule has 0 aliphatic heterocycles. The third-order valence-electron chi connectivity index (χ3n) is 1.88. The zero-order valence-corrected chi connectivity index (χ0v) is 13.1. The van der Waals surface area contributed by atoms with Gasteiger partial charge in [0, 0.05) is 18.5 Å². The molecule has 0 radical (unpaired) electrons. The van der Waals surface area contributed by atoms with Crippen LogP contribution in [0.2, 0.25) is 0 Å². The van der Waals surface area contributed by atoms with Crippen molar-refractivity contribution in [3.63, 3.8) is 0 Å². The van der Waals surface area contributed by atoms with Gasteiger partial charge in [0.15, 0.2) is 0 Å². The van der Waals surface area contributed by atoms with Gasteiger partial charge < -0.3 is 27.9 Å². The first-order valence-electron chi connectivity index (χ1n) is 5.76. The summed E-state index contributed by atoms with van der Waals surface area (Å²) in [5.74, 6) is -0.522. The Bertz CT molecular complexity index is 310. The van der Waals surface area contributed by atoms with E-state index in [-0.39, 0.29) is 18.3 Å². The fourth-order valence-corrected chi connectivity index (χ4v) is 0.906. The molecule has 6 heteroatoms. The van der Waals surface area contributed by atoms with Crippen molar-refractivity contribution in [1.82, 2.24) is 5.32 Å². The first-order chi connectivity index (χ1) is 8.10. The van der Waals surface area contributed by atoms with Gasteiger partial charge in [-0.1, -0.05) is 13.2 Å². The van der Waals surface area contributed by atoms with Crippen LogP contribution in [0.15, 0.2) is 24.8 Å². The second-order valence-corrected chi connectivity index (χ2v) is 5.01. The standard InChI is InChI=1S/C10H20N2O.C3H5NO.ClH/c1-9(2)10(13)11-7-6-8-12(3,4)5;1-2-3(4)5;/h1,6-8H2,2-5H3;2H,1H2,(H2,4,5);1H. The van der Waals surface area contributed by atoms with Crippen LogP contribution in [0, 0.1) is 0 Å². The maximum absolute atomic E-state index is 11.1. The van der Waals surface area contributed by atoms with E-state index in [1.807, 2.05) is 0 Å². The fourth-order valence-electron chi connectivity index (χ4n) is 0.906. The SMILES string of the molecule is C=C(C)C(=O)NCCC[N+](C)(C)C.C=CC(N)=O.[Cl-]. The lowest BCUT2D eigenvalue weighted by Crippen LogP contribution is -3.00. The molecular weight excluding hydrogens is 266 g/mol. The van der Waals surface area contributed by atoms with E-state index >= 15 is 0 Å². The zero-order chi connectivity index (χ0) is 14.8. The molecule has 0 aliphatic rings. The summed E-state index contributed by atoms with van der Waals surface area (Å²) in [4.78, 5) is 20.5. The number of hydrogen-bond acceptors (Lipinski definition) is 2. The number of primary amides is 1. The number of nitrogens with two attached hydrogens (primary N) is 1. The molecule has 0 heterocycles. The Morgan fingerprint density at radius 2 is 1.74 bits per heavy atom. The van der Waals surface area contributed by atoms with Crippen molar-refractivity contribution < 1.29 is 26.5 Å². The third-order valence-corrected chi connectivity index (χ3v) is 1.88. The molecule has 2 amide bonds. The van der Waals surface area contributed by atoms with Gasteiger partial charge in [0.05, 0.1) is 27.7 Å². The van der Waals surface area contributed by atoms with Crippen LogP contribution >= 0.6 is 0 Å². The molecule has 3 N–H and O–H groups in total. The summed E-state index contributed by atoms with van der Waals surface area (Å²) in [5.41, 5.74) is 5.11. The van der Waals surface area contributed by atoms with Gasteiger partial charge in [-0.05, 0) is 13.0 Å². The highest BCUT2D eigenvalue weighted by molar-refractivity contribution is 5.92. The van der Waals surface area contributed by atoms with E-state index in [0.717, 1.165) is 30.1 Å². The molecule has 0 aliphatic carbocycles. The molecule has 0 spiro atoms. The van der Waals surface area contributed by atoms with E-state index in [2.05, 4.69) is 45.4 Å². The predicted molar refractivity (Wildman–Crippen MR) is 74.7 cm³/mol. The minimum atomic E-state index is -0.481. The van der Waals surface area contributed by atoms with E-state index in [1.54, 1.807) is 6.92 Å². The van der Waals surface area contributed by atoms with Crippen molar-refractivity contribution in [2.75, 3.05) is 34.2 Å². The van der Waals surface area contributed by atoms with Crippen molar-refractivity contribution in [3.05, 3.63) is 24.8 Å². The third kappa shape index (κ3) is 22.3. The van der Waals surface area contributed by atoms with E-state index in [0.29, 0.717) is 5.57 Å². The molecule has 0 aromatic heterocycles. The van der Waals surface area contributed by atoms with E-state index in [1.165, 1.54) is 0 Å². The van der Waals surface area contributed by atoms with Crippen LogP contribution in [0.4, 0.5) is 0 Å². The number of carbonyl (C=O) groups excluding carboxylic acids is 2. The minimum absolute atomic E-state index is 0. The van der Waals surface area contributed by atoms with Crippen molar-refractivity contribution in [2.24, 2.45) is 5.73 Å². The molecule has 0 rings (SSSR count). The molecule has 0 unspecified atom stereocenters. The largest absolute Gasteiger partial charge is 1.00 e. The lowest BCUT2D eigenvalue weighted by Gasteiger charge is -2.23. The summed E-state index contributed by atoms with van der Waals surface area (Å²) in [6.07, 6.45) is 2.06. The summed E-state index contributed by atoms with van der Waals surface area (Å²) in [6.45, 7) is 10.2. The lowest BCUT2D eigenvalue weighted by molar-refractivity contribution is -0.870. The highest BCUT2D eigenvalue weighted by atomic mass is 35.5. The molecule has 112 valence electrons. The molecule has 0 fully saturated rings. The second-order valence-electron chi connectivity index (χ2n) is 5.01. The highest BCUT2D eigenvalue weighted by Gasteiger charge is 2.06. The van der Waals surface area contributed by atoms with Crippen molar-refractivity contribution in [3.8, 4) is 0 Å². The van der Waals surface area contributed by atoms with Gasteiger partial charge in [-0.25, -0.2) is 0 Å². The first kappa shape index (κ1) is 22.8. The fraction of sp³-hybridized carbons (Fsp3) is 0.538. The average Bonchev–Trinajstić information content (AvgIpc) is 2.23. The number of halogens is 1. The quantitative estimate of drug-likeness (QED) is 0.321. The molecule has 0 saturated carbocycles. The first-order valence-corrected chi connectivity index (χ1v) is 5.76. The molecular formula is C13H26ClN3O2. The molecule has 0 atom stereocenters. The summed E-state index contributed by atoms with van der Waals surface area (Å²) in [7, 11) is 6.42. The smallest absolute Gasteiger partial charge is 0.246 e. The lowest BCUT2D eigenvalue weighted by atomic mass is 10.3. The Labute approximate surface area is 122 Å². The number of quaternary nitrogens is 1. The zero-order valence-electron chi connectivity index (χ0n) is 12.3. The molecule has 5 nitrogen and oxygen atoms in total. The summed E-state index contributed by atoms with van der Waals surface area (Å²) < 4.78 is 0.933. The van der Waals surface area contributed by atoms with Gasteiger partial charge in [0.1, 0.15) is 0 Å². The van der Waals surface area contributed by atoms with Crippen LogP contribution in [0.3, 0.4) is 0 Å². The minimum Gasteiger partial charge on any atom is -1.00 e. The summed E-state index contributed by atoms with van der Waals surface area (Å²) in [5, 5.41) is 2.81. The Kier molecular flexibility index (Phi) is 14.1. The topological polar surface area (TPSA) is 72.2 Å². The maximum Gasteiger partial charge on any atom is 0.246 e.